The van der Waals surface area contributed by atoms with Crippen LogP contribution in [0.1, 0.15) is 27.0 Å². The highest BCUT2D eigenvalue weighted by molar-refractivity contribution is 5.94. The molecule has 1 aliphatic rings. The van der Waals surface area contributed by atoms with Crippen molar-refractivity contribution >= 4 is 11.7 Å². The number of rotatable bonds is 6. The van der Waals surface area contributed by atoms with Gasteiger partial charge in [-0.3, -0.25) is 4.79 Å². The molecule has 1 N–H and O–H groups in total. The van der Waals surface area contributed by atoms with Crippen molar-refractivity contribution in [3.05, 3.63) is 89.1 Å². The van der Waals surface area contributed by atoms with E-state index in [4.69, 9.17) is 4.74 Å². The molecule has 0 radical (unpaired) electrons. The van der Waals surface area contributed by atoms with Crippen molar-refractivity contribution in [2.24, 2.45) is 0 Å². The maximum absolute atomic E-state index is 12.6. The van der Waals surface area contributed by atoms with Crippen LogP contribution >= 0.6 is 0 Å². The molecule has 1 aromatic heterocycles. The standard InChI is InChI=1S/C24H25N3O2/c1-29-22-9-5-4-7-19(22)10-14-26-24(28)20-11-13-25-23(16-20)27-15-12-18-6-2-3-8-21(18)17-27/h2-9,11,13,16H,10,12,14-15,17H2,1H3,(H,26,28). The fourth-order valence-electron chi connectivity index (χ4n) is 3.75. The number of fused-ring (bicyclic) bond motifs is 1. The molecule has 0 aliphatic carbocycles. The van der Waals surface area contributed by atoms with Crippen molar-refractivity contribution in [1.29, 1.82) is 0 Å². The van der Waals surface area contributed by atoms with E-state index < -0.39 is 0 Å². The number of carbonyl (C=O) groups is 1. The van der Waals surface area contributed by atoms with E-state index in [1.807, 2.05) is 30.3 Å². The Kier molecular flexibility index (Phi) is 5.75. The number of nitrogens with one attached hydrogen (secondary N) is 1. The fraction of sp³-hybridized carbons (Fsp3) is 0.250. The smallest absolute Gasteiger partial charge is 0.251 e. The van der Waals surface area contributed by atoms with Gasteiger partial charge >= 0.3 is 0 Å². The minimum atomic E-state index is -0.0824. The zero-order valence-corrected chi connectivity index (χ0v) is 16.6. The lowest BCUT2D eigenvalue weighted by atomic mass is 10.00. The molecule has 0 saturated heterocycles. The second-order valence-corrected chi connectivity index (χ2v) is 7.16. The predicted octanol–water partition coefficient (Wildman–Crippen LogP) is 3.63. The summed E-state index contributed by atoms with van der Waals surface area (Å²) < 4.78 is 5.37. The van der Waals surface area contributed by atoms with E-state index in [-0.39, 0.29) is 5.91 Å². The molecule has 1 amide bonds. The van der Waals surface area contributed by atoms with Gasteiger partial charge in [0, 0.05) is 31.4 Å². The van der Waals surface area contributed by atoms with Crippen molar-refractivity contribution in [3.63, 3.8) is 0 Å². The number of nitrogens with zero attached hydrogens (tertiary/aromatic N) is 2. The van der Waals surface area contributed by atoms with Crippen molar-refractivity contribution in [3.8, 4) is 5.75 Å². The minimum Gasteiger partial charge on any atom is -0.496 e. The van der Waals surface area contributed by atoms with Crippen LogP contribution in [0.5, 0.6) is 5.75 Å². The Morgan fingerprint density at radius 3 is 2.76 bits per heavy atom. The lowest BCUT2D eigenvalue weighted by Crippen LogP contribution is -2.31. The number of hydrogen-bond donors (Lipinski definition) is 1. The van der Waals surface area contributed by atoms with Crippen LogP contribution in [0.4, 0.5) is 5.82 Å². The van der Waals surface area contributed by atoms with Gasteiger partial charge in [-0.25, -0.2) is 4.98 Å². The summed E-state index contributed by atoms with van der Waals surface area (Å²) in [6.45, 7) is 2.28. The number of ether oxygens (including phenoxy) is 1. The van der Waals surface area contributed by atoms with Gasteiger partial charge in [-0.1, -0.05) is 42.5 Å². The van der Waals surface area contributed by atoms with Crippen molar-refractivity contribution < 1.29 is 9.53 Å². The first-order chi connectivity index (χ1) is 14.2. The molecule has 0 spiro atoms. The van der Waals surface area contributed by atoms with Gasteiger partial charge in [-0.15, -0.1) is 0 Å². The summed E-state index contributed by atoms with van der Waals surface area (Å²) >= 11 is 0. The van der Waals surface area contributed by atoms with Gasteiger partial charge in [-0.05, 0) is 47.7 Å². The summed E-state index contributed by atoms with van der Waals surface area (Å²) in [5, 5.41) is 3.00. The van der Waals surface area contributed by atoms with Crippen LogP contribution in [0.2, 0.25) is 0 Å². The van der Waals surface area contributed by atoms with Gasteiger partial charge in [0.05, 0.1) is 7.11 Å². The number of aromatic nitrogens is 1. The second-order valence-electron chi connectivity index (χ2n) is 7.16. The average Bonchev–Trinajstić information content (AvgIpc) is 2.79. The Labute approximate surface area is 171 Å². The quantitative estimate of drug-likeness (QED) is 0.702. The van der Waals surface area contributed by atoms with E-state index in [1.54, 1.807) is 19.4 Å². The number of methoxy groups -OCH3 is 1. The van der Waals surface area contributed by atoms with Crippen LogP contribution in [-0.4, -0.2) is 31.1 Å². The lowest BCUT2D eigenvalue weighted by molar-refractivity contribution is 0.0954. The van der Waals surface area contributed by atoms with E-state index in [1.165, 1.54) is 11.1 Å². The highest BCUT2D eigenvalue weighted by Crippen LogP contribution is 2.23. The molecular weight excluding hydrogens is 362 g/mol. The summed E-state index contributed by atoms with van der Waals surface area (Å²) in [7, 11) is 1.66. The van der Waals surface area contributed by atoms with E-state index >= 15 is 0 Å². The van der Waals surface area contributed by atoms with Crippen molar-refractivity contribution in [2.75, 3.05) is 25.1 Å². The molecule has 1 aliphatic heterocycles. The fourth-order valence-corrected chi connectivity index (χ4v) is 3.75. The first-order valence-electron chi connectivity index (χ1n) is 9.92. The first kappa shape index (κ1) is 19.0. The molecule has 0 saturated carbocycles. The van der Waals surface area contributed by atoms with Crippen LogP contribution in [-0.2, 0) is 19.4 Å². The Balaban J connectivity index is 1.39. The normalized spacial score (nSPS) is 12.9. The summed E-state index contributed by atoms with van der Waals surface area (Å²) in [5.41, 5.74) is 4.44. The third kappa shape index (κ3) is 4.40. The van der Waals surface area contributed by atoms with Gasteiger partial charge in [0.25, 0.3) is 5.91 Å². The molecule has 0 fully saturated rings. The van der Waals surface area contributed by atoms with Gasteiger partial charge in [0.2, 0.25) is 0 Å². The SMILES string of the molecule is COc1ccccc1CCNC(=O)c1ccnc(N2CCc3ccccc3C2)c1. The molecule has 5 heteroatoms. The van der Waals surface area contributed by atoms with E-state index in [0.717, 1.165) is 43.1 Å². The summed E-state index contributed by atoms with van der Waals surface area (Å²) in [4.78, 5) is 19.4. The number of pyridine rings is 1. The Morgan fingerprint density at radius 1 is 1.10 bits per heavy atom. The van der Waals surface area contributed by atoms with E-state index in [0.29, 0.717) is 12.1 Å². The molecule has 2 heterocycles. The molecule has 2 aromatic carbocycles. The highest BCUT2D eigenvalue weighted by atomic mass is 16.5. The summed E-state index contributed by atoms with van der Waals surface area (Å²) in [6, 6.07) is 20.0. The monoisotopic (exact) mass is 387 g/mol. The zero-order chi connectivity index (χ0) is 20.1. The third-order valence-corrected chi connectivity index (χ3v) is 5.33. The topological polar surface area (TPSA) is 54.5 Å². The number of amides is 1. The maximum atomic E-state index is 12.6. The molecular formula is C24H25N3O2. The van der Waals surface area contributed by atoms with Crippen LogP contribution in [0.25, 0.3) is 0 Å². The van der Waals surface area contributed by atoms with E-state index in [2.05, 4.69) is 39.5 Å². The van der Waals surface area contributed by atoms with Crippen LogP contribution in [0, 0.1) is 0 Å². The number of para-hydroxylation sites is 1. The number of benzene rings is 2. The maximum Gasteiger partial charge on any atom is 0.251 e. The molecule has 4 rings (SSSR count). The number of anilines is 1. The van der Waals surface area contributed by atoms with Crippen LogP contribution < -0.4 is 15.0 Å². The molecule has 0 unspecified atom stereocenters. The van der Waals surface area contributed by atoms with Gasteiger partial charge in [0.1, 0.15) is 11.6 Å². The number of carbonyl (C=O) groups excluding carboxylic acids is 1. The van der Waals surface area contributed by atoms with Crippen molar-refractivity contribution in [1.82, 2.24) is 10.3 Å². The van der Waals surface area contributed by atoms with Gasteiger partial charge < -0.3 is 15.0 Å². The molecule has 148 valence electrons. The number of hydrogen-bond acceptors (Lipinski definition) is 4. The Morgan fingerprint density at radius 2 is 1.90 bits per heavy atom. The van der Waals surface area contributed by atoms with Gasteiger partial charge in [-0.2, -0.15) is 0 Å². The van der Waals surface area contributed by atoms with Gasteiger partial charge in [0.15, 0.2) is 0 Å². The Bertz CT molecular complexity index is 1000. The average molecular weight is 387 g/mol. The summed E-state index contributed by atoms with van der Waals surface area (Å²) in [5.74, 6) is 1.61. The van der Waals surface area contributed by atoms with Crippen molar-refractivity contribution in [2.45, 2.75) is 19.4 Å². The highest BCUT2D eigenvalue weighted by Gasteiger charge is 2.18. The first-order valence-corrected chi connectivity index (χ1v) is 9.92. The van der Waals surface area contributed by atoms with Crippen LogP contribution in [0.3, 0.4) is 0 Å². The minimum absolute atomic E-state index is 0.0824. The third-order valence-electron chi connectivity index (χ3n) is 5.33. The van der Waals surface area contributed by atoms with E-state index in [9.17, 15) is 4.79 Å². The largest absolute Gasteiger partial charge is 0.496 e. The molecule has 5 nitrogen and oxygen atoms in total. The summed E-state index contributed by atoms with van der Waals surface area (Å²) in [6.07, 6.45) is 3.43. The molecule has 3 aromatic rings. The molecule has 0 bridgehead atoms. The zero-order valence-electron chi connectivity index (χ0n) is 16.6. The van der Waals surface area contributed by atoms with Crippen LogP contribution in [0.15, 0.2) is 66.9 Å². The molecule has 0 atom stereocenters. The lowest BCUT2D eigenvalue weighted by Gasteiger charge is -2.29. The second kappa shape index (κ2) is 8.78. The predicted molar refractivity (Wildman–Crippen MR) is 114 cm³/mol. The Hall–Kier alpha value is -3.34. The molecule has 29 heavy (non-hydrogen) atoms.